The molecule has 0 N–H and O–H groups in total. The van der Waals surface area contributed by atoms with Crippen LogP contribution in [0.5, 0.6) is 0 Å². The van der Waals surface area contributed by atoms with Gasteiger partial charge in [0.15, 0.2) is 0 Å². The van der Waals surface area contributed by atoms with Crippen LogP contribution in [0.1, 0.15) is 0 Å². The highest BCUT2D eigenvalue weighted by Crippen LogP contribution is 2.21. The van der Waals surface area contributed by atoms with Crippen molar-refractivity contribution in [1.82, 2.24) is 0 Å². The first kappa shape index (κ1) is 6.03. The molecule has 0 aliphatic carbocycles. The van der Waals surface area contributed by atoms with Crippen LogP contribution in [0.3, 0.4) is 0 Å². The maximum Gasteiger partial charge on any atom is -0.0594 e. The van der Waals surface area contributed by atoms with Crippen molar-refractivity contribution in [3.8, 4) is 0 Å². The molecule has 0 fully saturated rings. The molecule has 0 aromatic rings. The Morgan fingerprint density at radius 1 is 1.60 bits per heavy atom. The zero-order valence-corrected chi connectivity index (χ0v) is 6.12. The lowest BCUT2D eigenvalue weighted by atomic mass is 11.3. The van der Waals surface area contributed by atoms with E-state index in [9.17, 15) is 0 Å². The highest BCUT2D eigenvalue weighted by Gasteiger charge is 1.51. The highest BCUT2D eigenvalue weighted by atomic mass is 32.0. The van der Waals surface area contributed by atoms with Crippen molar-refractivity contribution in [1.29, 1.82) is 0 Å². The van der Waals surface area contributed by atoms with Crippen LogP contribution in [-0.4, -0.2) is 0 Å². The third-order valence-corrected chi connectivity index (χ3v) is 1.73. The zero-order chi connectivity index (χ0) is 4.12. The Hall–Kier alpha value is 1.03. The average Bonchev–Trinajstić information content (AvgIpc) is 1.41. The second-order valence-electron chi connectivity index (χ2n) is 0.526. The molecule has 0 heterocycles. The van der Waals surface area contributed by atoms with Crippen LogP contribution in [0.25, 0.3) is 0 Å². The molecular weight excluding hydrogens is 117 g/mol. The van der Waals surface area contributed by atoms with Crippen molar-refractivity contribution in [2.75, 3.05) is 0 Å². The monoisotopic (exact) mass is 124 g/mol. The largest absolute Gasteiger partial charge is 0.114 e. The highest BCUT2D eigenvalue weighted by molar-refractivity contribution is 8.04. The van der Waals surface area contributed by atoms with Crippen molar-refractivity contribution in [2.24, 2.45) is 0 Å². The second kappa shape index (κ2) is 5.03. The Kier molecular flexibility index (Phi) is 6.07. The summed E-state index contributed by atoms with van der Waals surface area (Å²) < 4.78 is 0. The van der Waals surface area contributed by atoms with Gasteiger partial charge < -0.3 is 0 Å². The molecule has 0 saturated heterocycles. The van der Waals surface area contributed by atoms with E-state index in [4.69, 9.17) is 0 Å². The van der Waals surface area contributed by atoms with E-state index >= 15 is 0 Å². The molecule has 0 bridgehead atoms. The smallest absolute Gasteiger partial charge is 0.0594 e. The maximum absolute atomic E-state index is 2.63. The van der Waals surface area contributed by atoms with Crippen molar-refractivity contribution >= 4 is 26.4 Å². The van der Waals surface area contributed by atoms with Gasteiger partial charge in [-0.2, -0.15) is 0 Å². The summed E-state index contributed by atoms with van der Waals surface area (Å²) in [7, 11) is 6.01. The van der Waals surface area contributed by atoms with Crippen LogP contribution >= 0.6 is 26.4 Å². The minimum Gasteiger partial charge on any atom is -0.114 e. The van der Waals surface area contributed by atoms with Gasteiger partial charge in [0, 0.05) is 0 Å². The van der Waals surface area contributed by atoms with Gasteiger partial charge >= 0.3 is 0 Å². The molecular formula is C2H7P3. The molecule has 3 heteroatoms. The van der Waals surface area contributed by atoms with E-state index < -0.39 is 0 Å². The first-order valence-electron chi connectivity index (χ1n) is 1.24. The third kappa shape index (κ3) is 5.03. The number of hydrogen-bond donors (Lipinski definition) is 0. The topological polar surface area (TPSA) is 0 Å². The third-order valence-electron chi connectivity index (χ3n) is 0.192. The Bertz CT molecular complexity index is 31.9. The van der Waals surface area contributed by atoms with Crippen LogP contribution in [-0.2, 0) is 0 Å². The summed E-state index contributed by atoms with van der Waals surface area (Å²) in [4.78, 5) is 0. The summed E-state index contributed by atoms with van der Waals surface area (Å²) >= 11 is 0. The van der Waals surface area contributed by atoms with Gasteiger partial charge in [0.2, 0.25) is 0 Å². The minimum absolute atomic E-state index is 0.873. The van der Waals surface area contributed by atoms with Gasteiger partial charge in [-0.3, -0.25) is 0 Å². The summed E-state index contributed by atoms with van der Waals surface area (Å²) in [5.74, 6) is 4.04. The van der Waals surface area contributed by atoms with E-state index in [1.165, 1.54) is 0 Å². The van der Waals surface area contributed by atoms with Crippen LogP contribution in [0.15, 0.2) is 11.6 Å². The van der Waals surface area contributed by atoms with E-state index in [1.807, 2.05) is 5.82 Å². The molecule has 3 atom stereocenters. The molecule has 0 saturated carbocycles. The molecule has 5 heavy (non-hydrogen) atoms. The van der Waals surface area contributed by atoms with Crippen molar-refractivity contribution in [3.05, 3.63) is 11.6 Å². The quantitative estimate of drug-likeness (QED) is 0.467. The van der Waals surface area contributed by atoms with Gasteiger partial charge in [0.1, 0.15) is 0 Å². The summed E-state index contributed by atoms with van der Waals surface area (Å²) in [6.07, 6.45) is 0. The van der Waals surface area contributed by atoms with Gasteiger partial charge in [-0.1, -0.05) is 19.9 Å². The summed E-state index contributed by atoms with van der Waals surface area (Å²) in [5.41, 5.74) is 0. The molecule has 0 aromatic heterocycles. The van der Waals surface area contributed by atoms with E-state index in [0.717, 1.165) is 8.27 Å². The second-order valence-corrected chi connectivity index (χ2v) is 2.58. The maximum atomic E-state index is 2.63. The Labute approximate surface area is 38.9 Å². The molecule has 0 aromatic carbocycles. The first-order chi connectivity index (χ1) is 2.41. The fraction of sp³-hybridized carbons (Fsp3) is 0. The fourth-order valence-electron chi connectivity index (χ4n) is 0.0556. The Balaban J connectivity index is 2.62. The molecule has 0 spiro atoms. The van der Waals surface area contributed by atoms with Crippen LogP contribution in [0, 0.1) is 0 Å². The van der Waals surface area contributed by atoms with Gasteiger partial charge in [-0.25, -0.2) is 0 Å². The predicted molar refractivity (Wildman–Crippen MR) is 36.9 cm³/mol. The van der Waals surface area contributed by atoms with Gasteiger partial charge in [-0.15, -0.1) is 18.2 Å². The minimum atomic E-state index is 0.873. The summed E-state index contributed by atoms with van der Waals surface area (Å²) in [5, 5.41) is 0. The summed E-state index contributed by atoms with van der Waals surface area (Å²) in [6.45, 7) is 0. The Morgan fingerprint density at radius 2 is 2.20 bits per heavy atom. The van der Waals surface area contributed by atoms with Crippen molar-refractivity contribution in [3.63, 3.8) is 0 Å². The number of hydrogen-bond acceptors (Lipinski definition) is 0. The molecule has 3 unspecified atom stereocenters. The molecule has 30 valence electrons. The molecule has 0 aliphatic heterocycles. The van der Waals surface area contributed by atoms with Gasteiger partial charge in [0.05, 0.1) is 0 Å². The van der Waals surface area contributed by atoms with E-state index in [1.54, 1.807) is 0 Å². The van der Waals surface area contributed by atoms with Crippen molar-refractivity contribution < 1.29 is 0 Å². The van der Waals surface area contributed by atoms with Crippen LogP contribution in [0.4, 0.5) is 0 Å². The summed E-state index contributed by atoms with van der Waals surface area (Å²) in [6, 6.07) is 0. The fourth-order valence-corrected chi connectivity index (χ4v) is 1.50. The number of rotatable bonds is 1. The van der Waals surface area contributed by atoms with E-state index in [2.05, 4.69) is 24.0 Å². The lowest BCUT2D eigenvalue weighted by Gasteiger charge is -1.66. The van der Waals surface area contributed by atoms with E-state index in [-0.39, 0.29) is 0 Å². The Morgan fingerprint density at radius 3 is 2.20 bits per heavy atom. The van der Waals surface area contributed by atoms with Crippen LogP contribution in [0.2, 0.25) is 0 Å². The van der Waals surface area contributed by atoms with E-state index in [0.29, 0.717) is 0 Å². The lowest BCUT2D eigenvalue weighted by molar-refractivity contribution is 2.57. The van der Waals surface area contributed by atoms with Crippen molar-refractivity contribution in [2.45, 2.75) is 0 Å². The molecule has 0 amide bonds. The SMILES string of the molecule is P/C=C\PP. The normalized spacial score (nSPS) is 12.4. The molecule has 0 rings (SSSR count). The first-order valence-corrected chi connectivity index (χ1v) is 4.80. The van der Waals surface area contributed by atoms with Gasteiger partial charge in [-0.05, 0) is 0 Å². The van der Waals surface area contributed by atoms with Crippen LogP contribution < -0.4 is 0 Å². The molecule has 0 nitrogen and oxygen atoms in total. The van der Waals surface area contributed by atoms with Gasteiger partial charge in [0.25, 0.3) is 0 Å². The lowest BCUT2D eigenvalue weighted by Crippen LogP contribution is -1.14. The standard InChI is InChI=1S/C2H7P3/c3-1-2-5-4/h1-2,5H,3-4H2/b2-1-. The zero-order valence-electron chi connectivity index (χ0n) is 2.81. The predicted octanol–water partition coefficient (Wildman–Crippen LogP) is 1.80. The molecule has 0 aliphatic rings. The molecule has 0 radical (unpaired) electrons. The average molecular weight is 124 g/mol.